The van der Waals surface area contributed by atoms with E-state index >= 15 is 0 Å². The third-order valence-electron chi connectivity index (χ3n) is 4.38. The molecule has 0 saturated heterocycles. The molecule has 26 heavy (non-hydrogen) atoms. The number of nitrogens with zero attached hydrogens (tertiary/aromatic N) is 3. The van der Waals surface area contributed by atoms with Crippen LogP contribution in [0.3, 0.4) is 0 Å². The summed E-state index contributed by atoms with van der Waals surface area (Å²) in [5.41, 5.74) is 1.89. The van der Waals surface area contributed by atoms with Crippen molar-refractivity contribution >= 4 is 11.6 Å². The molecule has 6 heteroatoms. The Balaban J connectivity index is 1.56. The van der Waals surface area contributed by atoms with E-state index in [9.17, 15) is 9.18 Å². The third-order valence-corrected chi connectivity index (χ3v) is 4.38. The van der Waals surface area contributed by atoms with Crippen LogP contribution in [-0.2, 0) is 6.61 Å². The lowest BCUT2D eigenvalue weighted by Crippen LogP contribution is -2.42. The molecule has 132 valence electrons. The van der Waals surface area contributed by atoms with Gasteiger partial charge in [-0.3, -0.25) is 9.48 Å². The number of halogens is 1. The minimum absolute atomic E-state index is 0.0122. The van der Waals surface area contributed by atoms with Crippen LogP contribution in [0.4, 0.5) is 10.1 Å². The van der Waals surface area contributed by atoms with E-state index in [2.05, 4.69) is 5.10 Å². The van der Waals surface area contributed by atoms with Gasteiger partial charge in [0, 0.05) is 12.2 Å². The molecule has 2 aromatic carbocycles. The number of rotatable bonds is 4. The third kappa shape index (κ3) is 3.06. The fourth-order valence-corrected chi connectivity index (χ4v) is 3.09. The molecule has 1 aromatic heterocycles. The highest BCUT2D eigenvalue weighted by molar-refractivity contribution is 6.05. The van der Waals surface area contributed by atoms with Crippen LogP contribution in [0, 0.1) is 5.82 Å². The van der Waals surface area contributed by atoms with Crippen LogP contribution in [0.1, 0.15) is 29.1 Å². The zero-order valence-electron chi connectivity index (χ0n) is 14.3. The summed E-state index contributed by atoms with van der Waals surface area (Å²) in [6.45, 7) is 2.78. The van der Waals surface area contributed by atoms with Crippen molar-refractivity contribution in [2.45, 2.75) is 19.6 Å². The second-order valence-electron chi connectivity index (χ2n) is 6.31. The van der Waals surface area contributed by atoms with Crippen molar-refractivity contribution in [2.24, 2.45) is 0 Å². The Bertz CT molecular complexity index is 922. The SMILES string of the molecule is CC1CN(c2ccc(F)cc2)C(=O)c2cc(COc3ccccc3)nn21. The molecule has 0 N–H and O–H groups in total. The molecule has 5 nitrogen and oxygen atoms in total. The van der Waals surface area contributed by atoms with Gasteiger partial charge in [0.05, 0.1) is 6.04 Å². The monoisotopic (exact) mass is 351 g/mol. The van der Waals surface area contributed by atoms with E-state index in [1.807, 2.05) is 37.3 Å². The number of carbonyl (C=O) groups is 1. The average Bonchev–Trinajstić information content (AvgIpc) is 3.10. The molecule has 0 saturated carbocycles. The van der Waals surface area contributed by atoms with Gasteiger partial charge in [0.2, 0.25) is 0 Å². The van der Waals surface area contributed by atoms with Crippen LogP contribution in [-0.4, -0.2) is 22.2 Å². The lowest BCUT2D eigenvalue weighted by molar-refractivity contribution is 0.0953. The van der Waals surface area contributed by atoms with Crippen molar-refractivity contribution in [1.29, 1.82) is 0 Å². The van der Waals surface area contributed by atoms with E-state index in [1.54, 1.807) is 27.8 Å². The topological polar surface area (TPSA) is 47.4 Å². The van der Waals surface area contributed by atoms with Gasteiger partial charge in [-0.1, -0.05) is 18.2 Å². The maximum absolute atomic E-state index is 13.2. The summed E-state index contributed by atoms with van der Waals surface area (Å²) in [6, 6.07) is 17.2. The highest BCUT2D eigenvalue weighted by Gasteiger charge is 2.31. The van der Waals surface area contributed by atoms with E-state index in [-0.39, 0.29) is 17.8 Å². The number of ether oxygens (including phenoxy) is 1. The van der Waals surface area contributed by atoms with Gasteiger partial charge in [-0.15, -0.1) is 0 Å². The predicted octanol–water partition coefficient (Wildman–Crippen LogP) is 3.82. The summed E-state index contributed by atoms with van der Waals surface area (Å²) in [5.74, 6) is 0.288. The number of anilines is 1. The largest absolute Gasteiger partial charge is 0.487 e. The Morgan fingerprint density at radius 3 is 2.62 bits per heavy atom. The fourth-order valence-electron chi connectivity index (χ4n) is 3.09. The Kier molecular flexibility index (Phi) is 4.16. The summed E-state index contributed by atoms with van der Waals surface area (Å²) in [4.78, 5) is 14.5. The molecule has 3 aromatic rings. The van der Waals surface area contributed by atoms with Gasteiger partial charge in [0.25, 0.3) is 5.91 Å². The van der Waals surface area contributed by atoms with Crippen LogP contribution >= 0.6 is 0 Å². The number of fused-ring (bicyclic) bond motifs is 1. The van der Waals surface area contributed by atoms with Crippen molar-refractivity contribution < 1.29 is 13.9 Å². The Morgan fingerprint density at radius 2 is 1.88 bits per heavy atom. The molecule has 1 atom stereocenters. The molecular weight excluding hydrogens is 333 g/mol. The van der Waals surface area contributed by atoms with Crippen molar-refractivity contribution in [1.82, 2.24) is 9.78 Å². The molecule has 0 spiro atoms. The number of hydrogen-bond acceptors (Lipinski definition) is 3. The number of aromatic nitrogens is 2. The van der Waals surface area contributed by atoms with Gasteiger partial charge in [0.1, 0.15) is 29.6 Å². The fraction of sp³-hybridized carbons (Fsp3) is 0.200. The van der Waals surface area contributed by atoms with Gasteiger partial charge in [0.15, 0.2) is 0 Å². The Labute approximate surface area is 150 Å². The van der Waals surface area contributed by atoms with Gasteiger partial charge in [-0.2, -0.15) is 5.10 Å². The minimum atomic E-state index is -0.323. The first-order chi connectivity index (χ1) is 12.6. The molecule has 2 heterocycles. The molecule has 0 radical (unpaired) electrons. The van der Waals surface area contributed by atoms with Crippen LogP contribution < -0.4 is 9.64 Å². The van der Waals surface area contributed by atoms with Gasteiger partial charge < -0.3 is 9.64 Å². The lowest BCUT2D eigenvalue weighted by Gasteiger charge is -2.31. The van der Waals surface area contributed by atoms with Gasteiger partial charge in [-0.25, -0.2) is 4.39 Å². The van der Waals surface area contributed by atoms with Gasteiger partial charge >= 0.3 is 0 Å². The molecule has 1 amide bonds. The molecule has 0 aliphatic carbocycles. The number of hydrogen-bond donors (Lipinski definition) is 0. The van der Waals surface area contributed by atoms with Crippen molar-refractivity contribution in [2.75, 3.05) is 11.4 Å². The molecular formula is C20H18FN3O2. The molecule has 1 aliphatic rings. The van der Waals surface area contributed by atoms with E-state index in [0.717, 1.165) is 5.75 Å². The second-order valence-corrected chi connectivity index (χ2v) is 6.31. The maximum Gasteiger partial charge on any atom is 0.276 e. The maximum atomic E-state index is 13.2. The van der Waals surface area contributed by atoms with Crippen LogP contribution in [0.25, 0.3) is 0 Å². The molecule has 0 bridgehead atoms. The zero-order chi connectivity index (χ0) is 18.1. The number of carbonyl (C=O) groups excluding carboxylic acids is 1. The highest BCUT2D eigenvalue weighted by Crippen LogP contribution is 2.27. The molecule has 1 aliphatic heterocycles. The average molecular weight is 351 g/mol. The van der Waals surface area contributed by atoms with Crippen LogP contribution in [0.5, 0.6) is 5.75 Å². The Hall–Kier alpha value is -3.15. The number of amides is 1. The first-order valence-electron chi connectivity index (χ1n) is 8.45. The number of benzene rings is 2. The summed E-state index contributed by atoms with van der Waals surface area (Å²) in [5, 5.41) is 4.52. The van der Waals surface area contributed by atoms with E-state index in [4.69, 9.17) is 4.74 Å². The van der Waals surface area contributed by atoms with Crippen molar-refractivity contribution in [3.63, 3.8) is 0 Å². The van der Waals surface area contributed by atoms with Gasteiger partial charge in [-0.05, 0) is 49.4 Å². The normalized spacial score (nSPS) is 16.5. The van der Waals surface area contributed by atoms with Crippen LogP contribution in [0.2, 0.25) is 0 Å². The number of para-hydroxylation sites is 1. The van der Waals surface area contributed by atoms with Crippen molar-refractivity contribution in [3.05, 3.63) is 77.9 Å². The van der Waals surface area contributed by atoms with E-state index in [0.29, 0.717) is 30.2 Å². The molecule has 0 fully saturated rings. The first kappa shape index (κ1) is 16.3. The quantitative estimate of drug-likeness (QED) is 0.718. The molecule has 4 rings (SSSR count). The Morgan fingerprint density at radius 1 is 1.15 bits per heavy atom. The summed E-state index contributed by atoms with van der Waals surface area (Å²) in [6.07, 6.45) is 0. The molecule has 1 unspecified atom stereocenters. The van der Waals surface area contributed by atoms with Crippen LogP contribution in [0.15, 0.2) is 60.7 Å². The first-order valence-corrected chi connectivity index (χ1v) is 8.45. The minimum Gasteiger partial charge on any atom is -0.487 e. The van der Waals surface area contributed by atoms with E-state index < -0.39 is 0 Å². The predicted molar refractivity (Wildman–Crippen MR) is 95.8 cm³/mol. The van der Waals surface area contributed by atoms with E-state index in [1.165, 1.54) is 12.1 Å². The van der Waals surface area contributed by atoms with Crippen molar-refractivity contribution in [3.8, 4) is 5.75 Å². The summed E-state index contributed by atoms with van der Waals surface area (Å²) < 4.78 is 20.6. The highest BCUT2D eigenvalue weighted by atomic mass is 19.1. The summed E-state index contributed by atoms with van der Waals surface area (Å²) in [7, 11) is 0. The zero-order valence-corrected chi connectivity index (χ0v) is 14.3. The lowest BCUT2D eigenvalue weighted by atomic mass is 10.1. The summed E-state index contributed by atoms with van der Waals surface area (Å²) >= 11 is 0. The smallest absolute Gasteiger partial charge is 0.276 e. The second kappa shape index (κ2) is 6.63. The standard InChI is InChI=1S/C20H18FN3O2/c1-14-12-23(17-9-7-15(21)8-10-17)20(25)19-11-16(22-24(14)19)13-26-18-5-3-2-4-6-18/h2-11,14H,12-13H2,1H3.